The van der Waals surface area contributed by atoms with E-state index in [0.29, 0.717) is 33.8 Å². The van der Waals surface area contributed by atoms with Crippen LogP contribution in [-0.4, -0.2) is 15.0 Å². The van der Waals surface area contributed by atoms with Gasteiger partial charge in [0.05, 0.1) is 16.7 Å². The van der Waals surface area contributed by atoms with Crippen LogP contribution >= 0.6 is 0 Å². The molecule has 0 fully saturated rings. The van der Waals surface area contributed by atoms with Gasteiger partial charge in [0.1, 0.15) is 0 Å². The number of nitrogens with zero attached hydrogens (tertiary/aromatic N) is 3. The molecule has 0 saturated heterocycles. The first-order chi connectivity index (χ1) is 23.9. The van der Waals surface area contributed by atoms with Crippen LogP contribution in [0.5, 0.6) is 0 Å². The minimum atomic E-state index is -4.40. The van der Waals surface area contributed by atoms with Crippen LogP contribution in [0.15, 0.2) is 110 Å². The molecule has 3 aromatic heterocycles. The van der Waals surface area contributed by atoms with Crippen LogP contribution in [0.2, 0.25) is 0 Å². The zero-order valence-electron chi connectivity index (χ0n) is 25.6. The van der Waals surface area contributed by atoms with Gasteiger partial charge in [-0.3, -0.25) is 13.2 Å². The van der Waals surface area contributed by atoms with E-state index in [-0.39, 0.29) is 20.1 Å². The van der Waals surface area contributed by atoms with Gasteiger partial charge in [-0.15, -0.1) is 89.5 Å². The minimum absolute atomic E-state index is 0. The summed E-state index contributed by atoms with van der Waals surface area (Å²) in [5.41, 5.74) is -0.163. The summed E-state index contributed by atoms with van der Waals surface area (Å²) in [4.78, 5) is 11.0. The van der Waals surface area contributed by atoms with Crippen LogP contribution < -0.4 is 0 Å². The van der Waals surface area contributed by atoms with Crippen molar-refractivity contribution in [3.8, 4) is 33.8 Å². The molecule has 0 bridgehead atoms. The number of hydrogen-bond acceptors (Lipinski definition) is 3. The van der Waals surface area contributed by atoms with Gasteiger partial charge in [-0.05, 0) is 17.1 Å². The summed E-state index contributed by atoms with van der Waals surface area (Å²) in [7, 11) is 0. The average molecular weight is 913 g/mol. The van der Waals surface area contributed by atoms with Gasteiger partial charge in [0.2, 0.25) is 0 Å². The minimum Gasteiger partial charge on any atom is -0.304 e. The number of halogens is 12. The molecule has 3 aromatic carbocycles. The number of aromatic nitrogens is 3. The Labute approximate surface area is 301 Å². The maximum absolute atomic E-state index is 12.6. The monoisotopic (exact) mass is 913 g/mol. The molecule has 16 heteroatoms. The first kappa shape index (κ1) is 41.3. The first-order valence-electron chi connectivity index (χ1n) is 14.0. The van der Waals surface area contributed by atoms with E-state index >= 15 is 0 Å². The van der Waals surface area contributed by atoms with E-state index in [0.717, 1.165) is 55.0 Å². The third-order valence-corrected chi connectivity index (χ3v) is 6.42. The van der Waals surface area contributed by atoms with Crippen molar-refractivity contribution in [2.45, 2.75) is 18.5 Å². The van der Waals surface area contributed by atoms with Crippen molar-refractivity contribution >= 4 is 0 Å². The van der Waals surface area contributed by atoms with Gasteiger partial charge in [-0.25, -0.2) is 0 Å². The predicted octanol–water partition coefficient (Wildman–Crippen LogP) is 11.1. The Hall–Kier alpha value is -5.08. The zero-order chi connectivity index (χ0) is 37.4. The van der Waals surface area contributed by atoms with E-state index in [2.05, 4.69) is 33.2 Å². The summed E-state index contributed by atoms with van der Waals surface area (Å²) < 4.78 is 148. The van der Waals surface area contributed by atoms with Gasteiger partial charge in [0.15, 0.2) is 0 Å². The molecule has 6 aromatic rings. The average Bonchev–Trinajstić information content (AvgIpc) is 3.09. The van der Waals surface area contributed by atoms with Gasteiger partial charge < -0.3 is 15.0 Å². The van der Waals surface area contributed by atoms with Crippen LogP contribution in [0, 0.1) is 35.7 Å². The van der Waals surface area contributed by atoms with Crippen LogP contribution in [0.4, 0.5) is 52.7 Å². The standard InChI is InChI=1S/3C12H6F4N.Ir/c3*13-10-4-1-8(2-5-10)11-6-3-9(7-17-11)12(14,15)16;/h3*1,3-7H;/q3*-1;+3. The van der Waals surface area contributed by atoms with E-state index in [1.165, 1.54) is 54.6 Å². The molecule has 0 aliphatic rings. The number of hydrogen-bond donors (Lipinski definition) is 0. The van der Waals surface area contributed by atoms with Crippen LogP contribution in [-0.2, 0) is 38.6 Å². The quantitative estimate of drug-likeness (QED) is 0.131. The summed E-state index contributed by atoms with van der Waals surface area (Å²) in [6.45, 7) is 0. The Bertz CT molecular complexity index is 1740. The topological polar surface area (TPSA) is 38.7 Å². The van der Waals surface area contributed by atoms with Crippen LogP contribution in [0.1, 0.15) is 16.7 Å². The Kier molecular flexibility index (Phi) is 13.9. The molecule has 0 spiro atoms. The second-order valence-corrected chi connectivity index (χ2v) is 10.1. The van der Waals surface area contributed by atoms with E-state index in [4.69, 9.17) is 0 Å². The fraction of sp³-hybridized carbons (Fsp3) is 0.0833. The van der Waals surface area contributed by atoms with E-state index in [1.807, 2.05) is 0 Å². The summed E-state index contributed by atoms with van der Waals surface area (Å²) >= 11 is 0. The van der Waals surface area contributed by atoms with Crippen molar-refractivity contribution in [1.82, 2.24) is 15.0 Å². The Balaban J connectivity index is 0.000000208. The second-order valence-electron chi connectivity index (χ2n) is 10.1. The SMILES string of the molecule is Fc1c[c-]c(-c2ccc(C(F)(F)F)cn2)cc1.Fc1c[c-]c(-c2ccc(C(F)(F)F)cn2)cc1.Fc1c[c-]c(-c2ccc(C(F)(F)F)cn2)cc1.[Ir+3]. The molecule has 0 radical (unpaired) electrons. The van der Waals surface area contributed by atoms with E-state index < -0.39 is 52.7 Å². The number of alkyl halides is 9. The maximum atomic E-state index is 12.6. The van der Waals surface area contributed by atoms with Gasteiger partial charge >= 0.3 is 38.6 Å². The van der Waals surface area contributed by atoms with Gasteiger partial charge in [-0.1, -0.05) is 36.4 Å². The molecule has 3 nitrogen and oxygen atoms in total. The van der Waals surface area contributed by atoms with Crippen molar-refractivity contribution < 1.29 is 72.8 Å². The molecule has 0 saturated carbocycles. The van der Waals surface area contributed by atoms with Gasteiger partial charge in [0, 0.05) is 36.0 Å². The zero-order valence-corrected chi connectivity index (χ0v) is 28.0. The number of benzene rings is 3. The number of pyridine rings is 3. The molecule has 0 amide bonds. The summed E-state index contributed by atoms with van der Waals surface area (Å²) in [6.07, 6.45) is -11.0. The molecule has 0 aliphatic carbocycles. The normalized spacial score (nSPS) is 11.3. The molecule has 0 aliphatic heterocycles. The molecule has 270 valence electrons. The largest absolute Gasteiger partial charge is 3.00 e. The van der Waals surface area contributed by atoms with Gasteiger partial charge in [0.25, 0.3) is 0 Å². The van der Waals surface area contributed by atoms with Crippen molar-refractivity contribution in [3.63, 3.8) is 0 Å². The molecule has 0 atom stereocenters. The van der Waals surface area contributed by atoms with Crippen molar-refractivity contribution in [1.29, 1.82) is 0 Å². The Morgan fingerprint density at radius 1 is 0.365 bits per heavy atom. The van der Waals surface area contributed by atoms with Crippen molar-refractivity contribution in [3.05, 3.63) is 162 Å². The molecular weight excluding hydrogens is 895 g/mol. The van der Waals surface area contributed by atoms with Crippen molar-refractivity contribution in [2.75, 3.05) is 0 Å². The summed E-state index contributed by atoms with van der Waals surface area (Å²) in [6, 6.07) is 25.4. The molecular formula is C36H18F12IrN3. The molecule has 0 N–H and O–H groups in total. The first-order valence-corrected chi connectivity index (χ1v) is 14.0. The fourth-order valence-electron chi connectivity index (χ4n) is 3.86. The second kappa shape index (κ2) is 17.4. The summed E-state index contributed by atoms with van der Waals surface area (Å²) in [5.74, 6) is -1.37. The van der Waals surface area contributed by atoms with Crippen molar-refractivity contribution in [2.24, 2.45) is 0 Å². The molecule has 3 heterocycles. The smallest absolute Gasteiger partial charge is 0.304 e. The van der Waals surface area contributed by atoms with E-state index in [9.17, 15) is 52.7 Å². The van der Waals surface area contributed by atoms with Crippen LogP contribution in [0.3, 0.4) is 0 Å². The molecule has 52 heavy (non-hydrogen) atoms. The van der Waals surface area contributed by atoms with Crippen LogP contribution in [0.25, 0.3) is 33.8 Å². The van der Waals surface area contributed by atoms with E-state index in [1.54, 1.807) is 0 Å². The fourth-order valence-corrected chi connectivity index (χ4v) is 3.86. The summed E-state index contributed by atoms with van der Waals surface area (Å²) in [5, 5.41) is 0. The number of rotatable bonds is 3. The molecule has 6 rings (SSSR count). The third-order valence-electron chi connectivity index (χ3n) is 6.42. The van der Waals surface area contributed by atoms with Gasteiger partial charge in [-0.2, -0.15) is 39.5 Å². The third kappa shape index (κ3) is 12.0. The molecule has 0 unspecified atom stereocenters. The predicted molar refractivity (Wildman–Crippen MR) is 160 cm³/mol. The maximum Gasteiger partial charge on any atom is 3.00 e. The Morgan fingerprint density at radius 3 is 0.769 bits per heavy atom. The Morgan fingerprint density at radius 2 is 0.615 bits per heavy atom.